The van der Waals surface area contributed by atoms with Crippen LogP contribution in [0.1, 0.15) is 5.69 Å². The summed E-state index contributed by atoms with van der Waals surface area (Å²) in [5.74, 6) is 1.50. The third-order valence-corrected chi connectivity index (χ3v) is 4.41. The number of thioether (sulfide) groups is 1. The fraction of sp³-hybridized carbons (Fsp3) is 0.308. The molecule has 2 aromatic rings. The fourth-order valence-electron chi connectivity index (χ4n) is 1.51. The molecule has 1 aromatic carbocycles. The standard InChI is InChI=1S/C13H15ClN2O2S2/c1-17-2-3-18-11-4-9(15)5-12(6-11)19-7-10-8-20-13(14)16-10/h4-6,8H,2-3,7,15H2,1H3. The third kappa shape index (κ3) is 4.86. The van der Waals surface area contributed by atoms with Crippen LogP contribution >= 0.6 is 34.7 Å². The molecule has 2 N–H and O–H groups in total. The Kier molecular flexibility index (Phi) is 5.97. The van der Waals surface area contributed by atoms with Gasteiger partial charge in [0.1, 0.15) is 12.4 Å². The molecule has 0 aliphatic heterocycles. The number of rotatable bonds is 7. The van der Waals surface area contributed by atoms with E-state index in [1.165, 1.54) is 11.3 Å². The summed E-state index contributed by atoms with van der Waals surface area (Å²) in [5.41, 5.74) is 7.52. The van der Waals surface area contributed by atoms with Gasteiger partial charge < -0.3 is 15.2 Å². The summed E-state index contributed by atoms with van der Waals surface area (Å²) in [7, 11) is 1.64. The van der Waals surface area contributed by atoms with Crippen molar-refractivity contribution in [3.63, 3.8) is 0 Å². The third-order valence-electron chi connectivity index (χ3n) is 2.37. The quantitative estimate of drug-likeness (QED) is 0.476. The molecule has 108 valence electrons. The van der Waals surface area contributed by atoms with Gasteiger partial charge >= 0.3 is 0 Å². The molecule has 1 heterocycles. The van der Waals surface area contributed by atoms with Crippen LogP contribution in [0.25, 0.3) is 0 Å². The molecule has 0 saturated heterocycles. The number of nitrogens with zero attached hydrogens (tertiary/aromatic N) is 1. The van der Waals surface area contributed by atoms with Gasteiger partial charge in [0.15, 0.2) is 4.47 Å². The summed E-state index contributed by atoms with van der Waals surface area (Å²) in [6.45, 7) is 1.06. The Balaban J connectivity index is 1.96. The van der Waals surface area contributed by atoms with Crippen molar-refractivity contribution in [3.8, 4) is 5.75 Å². The summed E-state index contributed by atoms with van der Waals surface area (Å²) in [4.78, 5) is 5.26. The Morgan fingerprint density at radius 2 is 2.20 bits per heavy atom. The molecule has 1 aromatic heterocycles. The maximum Gasteiger partial charge on any atom is 0.183 e. The van der Waals surface area contributed by atoms with Gasteiger partial charge in [-0.1, -0.05) is 11.6 Å². The Bertz CT molecular complexity index is 563. The number of methoxy groups -OCH3 is 1. The first-order chi connectivity index (χ1) is 9.67. The van der Waals surface area contributed by atoms with Crippen molar-refractivity contribution in [2.24, 2.45) is 0 Å². The first-order valence-corrected chi connectivity index (χ1v) is 8.16. The zero-order valence-electron chi connectivity index (χ0n) is 11.0. The second kappa shape index (κ2) is 7.73. The molecule has 0 bridgehead atoms. The summed E-state index contributed by atoms with van der Waals surface area (Å²) in [6.07, 6.45) is 0. The lowest BCUT2D eigenvalue weighted by Crippen LogP contribution is -2.04. The molecule has 0 atom stereocenters. The van der Waals surface area contributed by atoms with Crippen molar-refractivity contribution in [1.82, 2.24) is 4.98 Å². The van der Waals surface area contributed by atoms with E-state index in [0.717, 1.165) is 22.1 Å². The second-order valence-electron chi connectivity index (χ2n) is 3.96. The van der Waals surface area contributed by atoms with Crippen molar-refractivity contribution in [3.05, 3.63) is 33.7 Å². The molecule has 0 fully saturated rings. The predicted molar refractivity (Wildman–Crippen MR) is 84.9 cm³/mol. The van der Waals surface area contributed by atoms with E-state index in [9.17, 15) is 0 Å². The lowest BCUT2D eigenvalue weighted by atomic mass is 10.3. The van der Waals surface area contributed by atoms with Crippen LogP contribution in [0.4, 0.5) is 5.69 Å². The summed E-state index contributed by atoms with van der Waals surface area (Å²) in [5, 5.41) is 1.96. The van der Waals surface area contributed by atoms with Crippen molar-refractivity contribution in [2.75, 3.05) is 26.1 Å². The van der Waals surface area contributed by atoms with Crippen LogP contribution < -0.4 is 10.5 Å². The number of thiazole rings is 1. The summed E-state index contributed by atoms with van der Waals surface area (Å²) < 4.78 is 11.1. The van der Waals surface area contributed by atoms with Crippen LogP contribution in [0.2, 0.25) is 4.47 Å². The monoisotopic (exact) mass is 330 g/mol. The average molecular weight is 331 g/mol. The van der Waals surface area contributed by atoms with Gasteiger partial charge in [0.2, 0.25) is 0 Å². The largest absolute Gasteiger partial charge is 0.491 e. The molecular formula is C13H15ClN2O2S2. The number of hydrogen-bond donors (Lipinski definition) is 1. The smallest absolute Gasteiger partial charge is 0.183 e. The van der Waals surface area contributed by atoms with E-state index in [4.69, 9.17) is 26.8 Å². The minimum Gasteiger partial charge on any atom is -0.491 e. The molecule has 0 spiro atoms. The van der Waals surface area contributed by atoms with Gasteiger partial charge in [-0.2, -0.15) is 0 Å². The maximum absolute atomic E-state index is 5.88. The lowest BCUT2D eigenvalue weighted by Gasteiger charge is -2.08. The van der Waals surface area contributed by atoms with E-state index in [2.05, 4.69) is 4.98 Å². The first kappa shape index (κ1) is 15.4. The van der Waals surface area contributed by atoms with Crippen LogP contribution in [-0.2, 0) is 10.5 Å². The Morgan fingerprint density at radius 3 is 2.90 bits per heavy atom. The highest BCUT2D eigenvalue weighted by Gasteiger charge is 2.04. The van der Waals surface area contributed by atoms with Gasteiger partial charge in [-0.25, -0.2) is 4.98 Å². The molecule has 2 rings (SSSR count). The van der Waals surface area contributed by atoms with Crippen molar-refractivity contribution in [1.29, 1.82) is 0 Å². The fourth-order valence-corrected chi connectivity index (χ4v) is 3.28. The van der Waals surface area contributed by atoms with Gasteiger partial charge in [0, 0.05) is 34.9 Å². The van der Waals surface area contributed by atoms with Gasteiger partial charge in [0.05, 0.1) is 12.3 Å². The molecule has 7 heteroatoms. The van der Waals surface area contributed by atoms with E-state index >= 15 is 0 Å². The number of nitrogens with two attached hydrogens (primary N) is 1. The van der Waals surface area contributed by atoms with Gasteiger partial charge in [-0.3, -0.25) is 0 Å². The highest BCUT2D eigenvalue weighted by atomic mass is 35.5. The number of ether oxygens (including phenoxy) is 2. The maximum atomic E-state index is 5.88. The van der Waals surface area contributed by atoms with Crippen LogP contribution in [0.3, 0.4) is 0 Å². The van der Waals surface area contributed by atoms with Gasteiger partial charge in [0.25, 0.3) is 0 Å². The number of hydrogen-bond acceptors (Lipinski definition) is 6. The normalized spacial score (nSPS) is 10.7. The molecule has 0 aliphatic rings. The number of halogens is 1. The summed E-state index contributed by atoms with van der Waals surface area (Å²) in [6, 6.07) is 5.69. The van der Waals surface area contributed by atoms with Crippen molar-refractivity contribution >= 4 is 40.4 Å². The zero-order valence-corrected chi connectivity index (χ0v) is 13.4. The van der Waals surface area contributed by atoms with Crippen LogP contribution in [0.5, 0.6) is 5.75 Å². The number of nitrogen functional groups attached to an aromatic ring is 1. The van der Waals surface area contributed by atoms with Crippen molar-refractivity contribution in [2.45, 2.75) is 10.6 Å². The second-order valence-corrected chi connectivity index (χ2v) is 6.45. The molecule has 0 saturated carbocycles. The topological polar surface area (TPSA) is 57.4 Å². The SMILES string of the molecule is COCCOc1cc(N)cc(SCc2csc(Cl)n2)c1. The van der Waals surface area contributed by atoms with E-state index in [0.29, 0.717) is 23.4 Å². The minimum absolute atomic E-state index is 0.506. The molecule has 4 nitrogen and oxygen atoms in total. The number of benzene rings is 1. The Labute approximate surface area is 131 Å². The Morgan fingerprint density at radius 1 is 1.35 bits per heavy atom. The highest BCUT2D eigenvalue weighted by molar-refractivity contribution is 7.98. The Hall–Kier alpha value is -0.950. The first-order valence-electron chi connectivity index (χ1n) is 5.92. The van der Waals surface area contributed by atoms with E-state index in [-0.39, 0.29) is 0 Å². The van der Waals surface area contributed by atoms with Crippen molar-refractivity contribution < 1.29 is 9.47 Å². The predicted octanol–water partition coefficient (Wildman–Crippen LogP) is 3.70. The van der Waals surface area contributed by atoms with E-state index in [1.54, 1.807) is 24.9 Å². The molecule has 0 radical (unpaired) electrons. The molecule has 20 heavy (non-hydrogen) atoms. The highest BCUT2D eigenvalue weighted by Crippen LogP contribution is 2.30. The zero-order chi connectivity index (χ0) is 14.4. The van der Waals surface area contributed by atoms with Crippen LogP contribution in [-0.4, -0.2) is 25.3 Å². The lowest BCUT2D eigenvalue weighted by molar-refractivity contribution is 0.146. The van der Waals surface area contributed by atoms with Gasteiger partial charge in [-0.15, -0.1) is 23.1 Å². The molecule has 0 amide bonds. The number of aromatic nitrogens is 1. The van der Waals surface area contributed by atoms with Crippen LogP contribution in [0, 0.1) is 0 Å². The molecular weight excluding hydrogens is 316 g/mol. The minimum atomic E-state index is 0.506. The van der Waals surface area contributed by atoms with Gasteiger partial charge in [-0.05, 0) is 12.1 Å². The number of anilines is 1. The summed E-state index contributed by atoms with van der Waals surface area (Å²) >= 11 is 8.90. The van der Waals surface area contributed by atoms with Crippen LogP contribution in [0.15, 0.2) is 28.5 Å². The molecule has 0 unspecified atom stereocenters. The van der Waals surface area contributed by atoms with E-state index in [1.807, 2.05) is 17.5 Å². The van der Waals surface area contributed by atoms with E-state index < -0.39 is 0 Å². The molecule has 0 aliphatic carbocycles. The average Bonchev–Trinajstić information content (AvgIpc) is 2.82.